The summed E-state index contributed by atoms with van der Waals surface area (Å²) in [4.78, 5) is 10.0. The summed E-state index contributed by atoms with van der Waals surface area (Å²) in [6.45, 7) is 3.55. The molecule has 0 unspecified atom stereocenters. The molecule has 5 N–H and O–H groups in total. The minimum atomic E-state index is -0.931. The second-order valence-electron chi connectivity index (χ2n) is 4.51. The maximum absolute atomic E-state index is 10.0. The summed E-state index contributed by atoms with van der Waals surface area (Å²) in [5.74, 6) is -0.910. The quantitative estimate of drug-likeness (QED) is 0.649. The number of carboxylic acid groups (broad SMARTS) is 1. The minimum absolute atomic E-state index is 0.0208. The third-order valence-corrected chi connectivity index (χ3v) is 2.65. The molecule has 1 aliphatic carbocycles. The molecule has 15 heavy (non-hydrogen) atoms. The van der Waals surface area contributed by atoms with Gasteiger partial charge in [-0.05, 0) is 18.8 Å². The molecule has 0 aromatic carbocycles. The maximum atomic E-state index is 10.0. The Morgan fingerprint density at radius 1 is 1.27 bits per heavy atom. The fourth-order valence-corrected chi connectivity index (χ4v) is 1.42. The fraction of sp³-hybridized carbons (Fsp3) is 0.909. The van der Waals surface area contributed by atoms with Crippen LogP contribution in [0.1, 0.15) is 46.0 Å². The Labute approximate surface area is 92.0 Å². The van der Waals surface area contributed by atoms with Gasteiger partial charge in [-0.3, -0.25) is 4.79 Å². The molecule has 0 spiro atoms. The van der Waals surface area contributed by atoms with Crippen molar-refractivity contribution in [2.45, 2.75) is 58.0 Å². The van der Waals surface area contributed by atoms with Crippen LogP contribution in [-0.2, 0) is 4.79 Å². The van der Waals surface area contributed by atoms with Gasteiger partial charge in [-0.1, -0.05) is 33.1 Å². The van der Waals surface area contributed by atoms with Crippen LogP contribution in [0.5, 0.6) is 0 Å². The summed E-state index contributed by atoms with van der Waals surface area (Å²) in [5, 5.41) is 8.23. The summed E-state index contributed by atoms with van der Waals surface area (Å²) in [5.41, 5.74) is 10.8. The van der Waals surface area contributed by atoms with Gasteiger partial charge in [0, 0.05) is 6.04 Å². The second-order valence-corrected chi connectivity index (χ2v) is 4.51. The van der Waals surface area contributed by atoms with Gasteiger partial charge in [0.25, 0.3) is 0 Å². The molecule has 4 heteroatoms. The van der Waals surface area contributed by atoms with E-state index in [-0.39, 0.29) is 5.92 Å². The third-order valence-electron chi connectivity index (χ3n) is 2.65. The average Bonchev–Trinajstić information content (AvgIpc) is 2.18. The van der Waals surface area contributed by atoms with E-state index in [0.717, 1.165) is 0 Å². The van der Waals surface area contributed by atoms with E-state index in [1.807, 2.05) is 0 Å². The monoisotopic (exact) mass is 216 g/mol. The van der Waals surface area contributed by atoms with Crippen molar-refractivity contribution in [1.29, 1.82) is 0 Å². The van der Waals surface area contributed by atoms with Crippen LogP contribution in [0.15, 0.2) is 0 Å². The normalized spacial score (nSPS) is 19.3. The summed E-state index contributed by atoms with van der Waals surface area (Å²) < 4.78 is 0. The van der Waals surface area contributed by atoms with Crippen molar-refractivity contribution in [3.63, 3.8) is 0 Å². The molecule has 1 fully saturated rings. The Hall–Kier alpha value is -0.610. The SMILES string of the molecule is CC(C)[C@H](N)C(=O)O.NC1CCCCC1. The summed E-state index contributed by atoms with van der Waals surface area (Å²) >= 11 is 0. The van der Waals surface area contributed by atoms with Gasteiger partial charge in [-0.2, -0.15) is 0 Å². The average molecular weight is 216 g/mol. The van der Waals surface area contributed by atoms with E-state index < -0.39 is 12.0 Å². The number of hydrogen-bond acceptors (Lipinski definition) is 3. The highest BCUT2D eigenvalue weighted by molar-refractivity contribution is 5.73. The zero-order valence-corrected chi connectivity index (χ0v) is 9.78. The van der Waals surface area contributed by atoms with Crippen molar-refractivity contribution >= 4 is 5.97 Å². The molecule has 0 aromatic heterocycles. The van der Waals surface area contributed by atoms with Gasteiger partial charge in [-0.15, -0.1) is 0 Å². The highest BCUT2D eigenvalue weighted by atomic mass is 16.4. The Balaban J connectivity index is 0.000000262. The Bertz CT molecular complexity index is 177. The first-order chi connectivity index (χ1) is 6.95. The molecule has 1 rings (SSSR count). The van der Waals surface area contributed by atoms with E-state index in [0.29, 0.717) is 6.04 Å². The zero-order valence-electron chi connectivity index (χ0n) is 9.78. The van der Waals surface area contributed by atoms with Crippen molar-refractivity contribution in [3.8, 4) is 0 Å². The van der Waals surface area contributed by atoms with Crippen molar-refractivity contribution in [1.82, 2.24) is 0 Å². The highest BCUT2D eigenvalue weighted by Gasteiger charge is 2.14. The van der Waals surface area contributed by atoms with Crippen LogP contribution in [-0.4, -0.2) is 23.2 Å². The standard InChI is InChI=1S/C6H13N.C5H11NO2/c7-6-4-2-1-3-5-6;1-3(2)4(6)5(7)8/h6H,1-5,7H2;3-4H,6H2,1-2H3,(H,7,8)/t;4-/m.0/s1. The van der Waals surface area contributed by atoms with E-state index >= 15 is 0 Å². The second kappa shape index (κ2) is 7.65. The molecule has 4 nitrogen and oxygen atoms in total. The first-order valence-corrected chi connectivity index (χ1v) is 5.69. The van der Waals surface area contributed by atoms with Crippen molar-refractivity contribution in [3.05, 3.63) is 0 Å². The molecule has 0 bridgehead atoms. The number of rotatable bonds is 2. The lowest BCUT2D eigenvalue weighted by atomic mass is 9.97. The van der Waals surface area contributed by atoms with Gasteiger partial charge >= 0.3 is 5.97 Å². The van der Waals surface area contributed by atoms with Crippen molar-refractivity contribution in [2.75, 3.05) is 0 Å². The van der Waals surface area contributed by atoms with Gasteiger partial charge in [-0.25, -0.2) is 0 Å². The first kappa shape index (κ1) is 14.4. The van der Waals surface area contributed by atoms with Crippen molar-refractivity contribution in [2.24, 2.45) is 17.4 Å². The lowest BCUT2D eigenvalue weighted by Crippen LogP contribution is -2.34. The summed E-state index contributed by atoms with van der Waals surface area (Å²) in [6.07, 6.45) is 6.66. The third kappa shape index (κ3) is 7.33. The molecule has 90 valence electrons. The van der Waals surface area contributed by atoms with Gasteiger partial charge in [0.15, 0.2) is 0 Å². The molecule has 1 aliphatic rings. The molecule has 1 atom stereocenters. The molecule has 1 saturated carbocycles. The predicted octanol–water partition coefficient (Wildman–Crippen LogP) is 1.33. The summed E-state index contributed by atoms with van der Waals surface area (Å²) in [7, 11) is 0. The molecule has 0 aliphatic heterocycles. The van der Waals surface area contributed by atoms with Crippen LogP contribution < -0.4 is 11.5 Å². The van der Waals surface area contributed by atoms with Crippen molar-refractivity contribution < 1.29 is 9.90 Å². The lowest BCUT2D eigenvalue weighted by Gasteiger charge is -2.15. The summed E-state index contributed by atoms with van der Waals surface area (Å²) in [6, 6.07) is -0.177. The molecule has 0 saturated heterocycles. The smallest absolute Gasteiger partial charge is 0.320 e. The number of carboxylic acids is 1. The first-order valence-electron chi connectivity index (χ1n) is 5.69. The highest BCUT2D eigenvalue weighted by Crippen LogP contribution is 2.14. The Morgan fingerprint density at radius 3 is 1.87 bits per heavy atom. The Kier molecular flexibility index (Phi) is 7.34. The van der Waals surface area contributed by atoms with Crippen LogP contribution in [0.4, 0.5) is 0 Å². The predicted molar refractivity (Wildman–Crippen MR) is 61.5 cm³/mol. The largest absolute Gasteiger partial charge is 0.480 e. The van der Waals surface area contributed by atoms with Gasteiger partial charge in [0.1, 0.15) is 6.04 Å². The van der Waals surface area contributed by atoms with Gasteiger partial charge < -0.3 is 16.6 Å². The van der Waals surface area contributed by atoms with E-state index in [4.69, 9.17) is 16.6 Å². The van der Waals surface area contributed by atoms with Crippen LogP contribution in [0, 0.1) is 5.92 Å². The zero-order chi connectivity index (χ0) is 11.8. The topological polar surface area (TPSA) is 89.3 Å². The number of aliphatic carboxylic acids is 1. The van der Waals surface area contributed by atoms with E-state index in [9.17, 15) is 4.79 Å². The van der Waals surface area contributed by atoms with Crippen LogP contribution in [0.3, 0.4) is 0 Å². The molecular formula is C11H24N2O2. The van der Waals surface area contributed by atoms with Crippen LogP contribution in [0.2, 0.25) is 0 Å². The molecule has 0 radical (unpaired) electrons. The van der Waals surface area contributed by atoms with Crippen LogP contribution >= 0.6 is 0 Å². The molecule has 0 heterocycles. The Morgan fingerprint density at radius 2 is 1.73 bits per heavy atom. The van der Waals surface area contributed by atoms with Crippen LogP contribution in [0.25, 0.3) is 0 Å². The maximum Gasteiger partial charge on any atom is 0.320 e. The fourth-order valence-electron chi connectivity index (χ4n) is 1.42. The number of hydrogen-bond donors (Lipinski definition) is 3. The molecular weight excluding hydrogens is 192 g/mol. The van der Waals surface area contributed by atoms with E-state index in [1.165, 1.54) is 32.1 Å². The van der Waals surface area contributed by atoms with E-state index in [2.05, 4.69) is 0 Å². The van der Waals surface area contributed by atoms with Gasteiger partial charge in [0.2, 0.25) is 0 Å². The lowest BCUT2D eigenvalue weighted by molar-refractivity contribution is -0.139. The number of nitrogens with two attached hydrogens (primary N) is 2. The molecule has 0 aromatic rings. The van der Waals surface area contributed by atoms with E-state index in [1.54, 1.807) is 13.8 Å². The minimum Gasteiger partial charge on any atom is -0.480 e. The number of carbonyl (C=O) groups is 1. The van der Waals surface area contributed by atoms with Gasteiger partial charge in [0.05, 0.1) is 0 Å². The molecule has 0 amide bonds.